The molecule has 6 heteroatoms. The van der Waals surface area contributed by atoms with Crippen molar-refractivity contribution < 1.29 is 19.1 Å². The smallest absolute Gasteiger partial charge is 0.310 e. The second-order valence-electron chi connectivity index (χ2n) is 5.56. The number of hydrogen-bond acceptors (Lipinski definition) is 4. The molecule has 0 saturated carbocycles. The molecule has 1 amide bonds. The Balaban J connectivity index is 1.91. The molecule has 2 aromatic carbocycles. The number of Topliss-reactive ketones (excluding diaryl/α,β-unsaturated/α-hetero) is 1. The number of carbonyl (C=O) groups excluding carboxylic acids is 3. The van der Waals surface area contributed by atoms with Crippen LogP contribution in [0.25, 0.3) is 0 Å². The summed E-state index contributed by atoms with van der Waals surface area (Å²) in [5.41, 5.74) is 1.81. The van der Waals surface area contributed by atoms with E-state index in [-0.39, 0.29) is 18.1 Å². The van der Waals surface area contributed by atoms with Crippen molar-refractivity contribution in [1.82, 2.24) is 0 Å². The van der Waals surface area contributed by atoms with Crippen LogP contribution < -0.4 is 5.32 Å². The largest absolute Gasteiger partial charge is 0.454 e. The second kappa shape index (κ2) is 8.44. The van der Waals surface area contributed by atoms with E-state index in [0.29, 0.717) is 16.3 Å². The lowest BCUT2D eigenvalue weighted by molar-refractivity contribution is -0.145. The maximum atomic E-state index is 12.2. The first kappa shape index (κ1) is 18.7. The van der Waals surface area contributed by atoms with E-state index in [1.807, 2.05) is 0 Å². The molecule has 0 aromatic heterocycles. The van der Waals surface area contributed by atoms with Crippen LogP contribution in [0.3, 0.4) is 0 Å². The van der Waals surface area contributed by atoms with Gasteiger partial charge in [-0.2, -0.15) is 0 Å². The molecule has 0 fully saturated rings. The number of esters is 1. The van der Waals surface area contributed by atoms with Crippen LogP contribution in [0.5, 0.6) is 0 Å². The number of anilines is 1. The van der Waals surface area contributed by atoms with Gasteiger partial charge >= 0.3 is 5.97 Å². The summed E-state index contributed by atoms with van der Waals surface area (Å²) in [6.07, 6.45) is -0.842. The van der Waals surface area contributed by atoms with E-state index >= 15 is 0 Å². The minimum atomic E-state index is -0.882. The van der Waals surface area contributed by atoms with Gasteiger partial charge in [0.05, 0.1) is 6.42 Å². The molecule has 0 aliphatic carbocycles. The summed E-state index contributed by atoms with van der Waals surface area (Å²) in [5.74, 6) is -0.949. The Morgan fingerprint density at radius 2 is 1.64 bits per heavy atom. The quantitative estimate of drug-likeness (QED) is 0.631. The summed E-state index contributed by atoms with van der Waals surface area (Å²) in [5, 5.41) is 3.18. The number of amides is 1. The van der Waals surface area contributed by atoms with Crippen LogP contribution in [0.4, 0.5) is 5.69 Å². The first-order chi connectivity index (χ1) is 11.8. The van der Waals surface area contributed by atoms with Crippen molar-refractivity contribution in [2.75, 3.05) is 5.32 Å². The van der Waals surface area contributed by atoms with Crippen molar-refractivity contribution in [3.63, 3.8) is 0 Å². The number of ketones is 1. The number of hydrogen-bond donors (Lipinski definition) is 1. The molecule has 2 aromatic rings. The Morgan fingerprint density at radius 3 is 2.20 bits per heavy atom. The van der Waals surface area contributed by atoms with Gasteiger partial charge in [0, 0.05) is 23.2 Å². The normalized spacial score (nSPS) is 11.5. The Kier molecular flexibility index (Phi) is 6.31. The molecule has 0 unspecified atom stereocenters. The molecule has 0 aliphatic heterocycles. The molecule has 0 spiro atoms. The fourth-order valence-electron chi connectivity index (χ4n) is 2.22. The standard InChI is InChI=1S/C19H18ClNO4/c1-12(19(24)15-5-7-16(20)8-6-15)25-18(23)11-14-3-9-17(10-4-14)21-13(2)22/h3-10,12H,11H2,1-2H3,(H,21,22)/t12-/m0/s1. The highest BCUT2D eigenvalue weighted by Crippen LogP contribution is 2.14. The highest BCUT2D eigenvalue weighted by atomic mass is 35.5. The zero-order valence-electron chi connectivity index (χ0n) is 13.9. The Hall–Kier alpha value is -2.66. The van der Waals surface area contributed by atoms with E-state index in [2.05, 4.69) is 5.32 Å². The molecular weight excluding hydrogens is 342 g/mol. The summed E-state index contributed by atoms with van der Waals surface area (Å²) in [6, 6.07) is 13.3. The summed E-state index contributed by atoms with van der Waals surface area (Å²) in [7, 11) is 0. The Labute approximate surface area is 150 Å². The van der Waals surface area contributed by atoms with Crippen molar-refractivity contribution in [2.24, 2.45) is 0 Å². The number of ether oxygens (including phenoxy) is 1. The lowest BCUT2D eigenvalue weighted by atomic mass is 10.1. The van der Waals surface area contributed by atoms with Crippen molar-refractivity contribution >= 4 is 34.9 Å². The maximum absolute atomic E-state index is 12.2. The third-order valence-corrected chi connectivity index (χ3v) is 3.68. The van der Waals surface area contributed by atoms with E-state index < -0.39 is 12.1 Å². The minimum Gasteiger partial charge on any atom is -0.454 e. The number of nitrogens with one attached hydrogen (secondary N) is 1. The summed E-state index contributed by atoms with van der Waals surface area (Å²) >= 11 is 5.79. The molecule has 0 aliphatic rings. The van der Waals surface area contributed by atoms with Gasteiger partial charge in [0.1, 0.15) is 0 Å². The lowest BCUT2D eigenvalue weighted by Gasteiger charge is -2.12. The average molecular weight is 360 g/mol. The molecule has 25 heavy (non-hydrogen) atoms. The SMILES string of the molecule is CC(=O)Nc1ccc(CC(=O)O[C@@H](C)C(=O)c2ccc(Cl)cc2)cc1. The molecule has 5 nitrogen and oxygen atoms in total. The Bertz CT molecular complexity index is 769. The fourth-order valence-corrected chi connectivity index (χ4v) is 2.34. The molecule has 0 heterocycles. The molecular formula is C19H18ClNO4. The molecule has 130 valence electrons. The summed E-state index contributed by atoms with van der Waals surface area (Å²) < 4.78 is 5.20. The van der Waals surface area contributed by atoms with Gasteiger partial charge in [-0.3, -0.25) is 14.4 Å². The summed E-state index contributed by atoms with van der Waals surface area (Å²) in [6.45, 7) is 2.96. The molecule has 1 N–H and O–H groups in total. The van der Waals surface area contributed by atoms with Crippen LogP contribution in [0.1, 0.15) is 29.8 Å². The van der Waals surface area contributed by atoms with Crippen LogP contribution >= 0.6 is 11.6 Å². The topological polar surface area (TPSA) is 72.5 Å². The lowest BCUT2D eigenvalue weighted by Crippen LogP contribution is -2.25. The van der Waals surface area contributed by atoms with E-state index in [4.69, 9.17) is 16.3 Å². The van der Waals surface area contributed by atoms with Gasteiger partial charge in [0.2, 0.25) is 11.7 Å². The molecule has 1 atom stereocenters. The maximum Gasteiger partial charge on any atom is 0.310 e. The monoisotopic (exact) mass is 359 g/mol. The third-order valence-electron chi connectivity index (χ3n) is 3.43. The van der Waals surface area contributed by atoms with Gasteiger partial charge < -0.3 is 10.1 Å². The van der Waals surface area contributed by atoms with Crippen LogP contribution in [0, 0.1) is 0 Å². The second-order valence-corrected chi connectivity index (χ2v) is 5.99. The van der Waals surface area contributed by atoms with Crippen molar-refractivity contribution in [3.05, 3.63) is 64.7 Å². The zero-order chi connectivity index (χ0) is 18.4. The van der Waals surface area contributed by atoms with Crippen LogP contribution in [0.2, 0.25) is 5.02 Å². The average Bonchev–Trinajstić information content (AvgIpc) is 2.56. The van der Waals surface area contributed by atoms with E-state index in [1.54, 1.807) is 48.5 Å². The van der Waals surface area contributed by atoms with E-state index in [0.717, 1.165) is 5.56 Å². The van der Waals surface area contributed by atoms with Gasteiger partial charge in [-0.25, -0.2) is 0 Å². The first-order valence-corrected chi connectivity index (χ1v) is 8.09. The fraction of sp³-hybridized carbons (Fsp3) is 0.211. The third kappa shape index (κ3) is 5.72. The highest BCUT2D eigenvalue weighted by molar-refractivity contribution is 6.30. The first-order valence-electron chi connectivity index (χ1n) is 7.71. The van der Waals surface area contributed by atoms with Crippen molar-refractivity contribution in [3.8, 4) is 0 Å². The number of rotatable bonds is 6. The molecule has 0 radical (unpaired) electrons. The van der Waals surface area contributed by atoms with Gasteiger partial charge in [0.25, 0.3) is 0 Å². The van der Waals surface area contributed by atoms with Gasteiger partial charge in [0.15, 0.2) is 6.10 Å². The number of halogens is 1. The predicted octanol–water partition coefficient (Wildman–Crippen LogP) is 3.66. The van der Waals surface area contributed by atoms with Crippen molar-refractivity contribution in [2.45, 2.75) is 26.4 Å². The molecule has 0 saturated heterocycles. The van der Waals surface area contributed by atoms with E-state index in [9.17, 15) is 14.4 Å². The molecule has 0 bridgehead atoms. The van der Waals surface area contributed by atoms with E-state index in [1.165, 1.54) is 13.8 Å². The Morgan fingerprint density at radius 1 is 1.04 bits per heavy atom. The molecule has 2 rings (SSSR count). The van der Waals surface area contributed by atoms with Gasteiger partial charge in [-0.1, -0.05) is 23.7 Å². The van der Waals surface area contributed by atoms with Gasteiger partial charge in [-0.05, 0) is 48.9 Å². The number of carbonyl (C=O) groups is 3. The van der Waals surface area contributed by atoms with Crippen molar-refractivity contribution in [1.29, 1.82) is 0 Å². The highest BCUT2D eigenvalue weighted by Gasteiger charge is 2.19. The van der Waals surface area contributed by atoms with Crippen LogP contribution in [-0.4, -0.2) is 23.8 Å². The predicted molar refractivity (Wildman–Crippen MR) is 95.8 cm³/mol. The summed E-state index contributed by atoms with van der Waals surface area (Å²) in [4.78, 5) is 35.2. The zero-order valence-corrected chi connectivity index (χ0v) is 14.7. The minimum absolute atomic E-state index is 0.0403. The number of benzene rings is 2. The van der Waals surface area contributed by atoms with Gasteiger partial charge in [-0.15, -0.1) is 0 Å². The van der Waals surface area contributed by atoms with Crippen LogP contribution in [-0.2, 0) is 20.7 Å². The van der Waals surface area contributed by atoms with Crippen LogP contribution in [0.15, 0.2) is 48.5 Å².